The Morgan fingerprint density at radius 1 is 1.28 bits per heavy atom. The summed E-state index contributed by atoms with van der Waals surface area (Å²) in [5.41, 5.74) is -0.741. The second kappa shape index (κ2) is 5.89. The molecular weight excluding hydrogens is 239 g/mol. The van der Waals surface area contributed by atoms with Gasteiger partial charge in [0.1, 0.15) is 5.70 Å². The fourth-order valence-corrected chi connectivity index (χ4v) is 2.20. The zero-order chi connectivity index (χ0) is 13.9. The highest BCUT2D eigenvalue weighted by Crippen LogP contribution is 2.33. The standard InChI is InChI=1S/C14H22F3N/c1-9(2)11(4)12-7-10(3)5-6-13(18-8-12)14(15,16)17/h6,8-12H,5,7H2,1-4H3. The lowest BCUT2D eigenvalue weighted by molar-refractivity contribution is -0.0927. The smallest absolute Gasteiger partial charge is 0.256 e. The number of hydrogen-bond donors (Lipinski definition) is 0. The summed E-state index contributed by atoms with van der Waals surface area (Å²) in [6.07, 6.45) is -0.242. The van der Waals surface area contributed by atoms with Crippen molar-refractivity contribution in [2.75, 3.05) is 0 Å². The van der Waals surface area contributed by atoms with E-state index in [1.54, 1.807) is 0 Å². The van der Waals surface area contributed by atoms with E-state index < -0.39 is 11.9 Å². The molecule has 104 valence electrons. The Kier molecular flexibility index (Phi) is 5.00. The van der Waals surface area contributed by atoms with Crippen LogP contribution in [0.1, 0.15) is 40.5 Å². The van der Waals surface area contributed by atoms with Crippen molar-refractivity contribution in [2.45, 2.75) is 46.7 Å². The van der Waals surface area contributed by atoms with Crippen molar-refractivity contribution in [2.24, 2.45) is 28.7 Å². The first-order valence-electron chi connectivity index (χ1n) is 6.53. The lowest BCUT2D eigenvalue weighted by Gasteiger charge is -2.27. The predicted molar refractivity (Wildman–Crippen MR) is 68.5 cm³/mol. The molecule has 0 aromatic heterocycles. The third-order valence-corrected chi connectivity index (χ3v) is 3.81. The summed E-state index contributed by atoms with van der Waals surface area (Å²) in [6, 6.07) is 0. The SMILES string of the molecule is CC1CC=C(C(F)(F)F)N=CC(C(C)C(C)C)C1. The van der Waals surface area contributed by atoms with Gasteiger partial charge in [0.05, 0.1) is 0 Å². The molecule has 0 aliphatic carbocycles. The zero-order valence-electron chi connectivity index (χ0n) is 11.5. The van der Waals surface area contributed by atoms with Crippen LogP contribution < -0.4 is 0 Å². The van der Waals surface area contributed by atoms with Crippen molar-refractivity contribution in [1.82, 2.24) is 0 Å². The van der Waals surface area contributed by atoms with E-state index in [0.29, 0.717) is 18.3 Å². The first-order valence-corrected chi connectivity index (χ1v) is 6.53. The highest BCUT2D eigenvalue weighted by Gasteiger charge is 2.34. The molecule has 1 heterocycles. The lowest BCUT2D eigenvalue weighted by Crippen LogP contribution is -2.23. The summed E-state index contributed by atoms with van der Waals surface area (Å²) in [7, 11) is 0. The van der Waals surface area contributed by atoms with Gasteiger partial charge in [-0.15, -0.1) is 0 Å². The zero-order valence-corrected chi connectivity index (χ0v) is 11.5. The Morgan fingerprint density at radius 3 is 2.39 bits per heavy atom. The van der Waals surface area contributed by atoms with Crippen molar-refractivity contribution in [1.29, 1.82) is 0 Å². The van der Waals surface area contributed by atoms with E-state index in [-0.39, 0.29) is 11.8 Å². The van der Waals surface area contributed by atoms with Crippen LogP contribution in [0.2, 0.25) is 0 Å². The molecule has 4 heteroatoms. The molecule has 1 nitrogen and oxygen atoms in total. The van der Waals surface area contributed by atoms with E-state index in [0.717, 1.165) is 6.42 Å². The number of aliphatic imine (C=N–C) groups is 1. The van der Waals surface area contributed by atoms with Crippen LogP contribution in [0.15, 0.2) is 16.8 Å². The Bertz CT molecular complexity index is 328. The van der Waals surface area contributed by atoms with E-state index in [9.17, 15) is 13.2 Å². The van der Waals surface area contributed by atoms with E-state index in [1.807, 2.05) is 6.92 Å². The number of alkyl halides is 3. The first kappa shape index (κ1) is 15.3. The van der Waals surface area contributed by atoms with Crippen LogP contribution in [0.25, 0.3) is 0 Å². The van der Waals surface area contributed by atoms with Crippen molar-refractivity contribution in [3.63, 3.8) is 0 Å². The van der Waals surface area contributed by atoms with Crippen LogP contribution in [0.3, 0.4) is 0 Å². The largest absolute Gasteiger partial charge is 0.432 e. The van der Waals surface area contributed by atoms with Crippen LogP contribution in [0.4, 0.5) is 13.2 Å². The fraction of sp³-hybridized carbons (Fsp3) is 0.786. The maximum Gasteiger partial charge on any atom is 0.432 e. The molecule has 0 aromatic carbocycles. The van der Waals surface area contributed by atoms with E-state index >= 15 is 0 Å². The van der Waals surface area contributed by atoms with Gasteiger partial charge in [-0.2, -0.15) is 13.2 Å². The molecule has 0 saturated heterocycles. The minimum absolute atomic E-state index is 0.131. The van der Waals surface area contributed by atoms with Crippen molar-refractivity contribution in [3.8, 4) is 0 Å². The van der Waals surface area contributed by atoms with Gasteiger partial charge in [0.15, 0.2) is 0 Å². The molecule has 1 aliphatic rings. The maximum atomic E-state index is 12.7. The molecule has 0 saturated carbocycles. The highest BCUT2D eigenvalue weighted by molar-refractivity contribution is 5.63. The number of halogens is 3. The molecule has 0 aromatic rings. The summed E-state index contributed by atoms with van der Waals surface area (Å²) in [5, 5.41) is 0. The summed E-state index contributed by atoms with van der Waals surface area (Å²) in [5.74, 6) is 1.20. The Balaban J connectivity index is 2.92. The molecule has 3 unspecified atom stereocenters. The third kappa shape index (κ3) is 4.14. The predicted octanol–water partition coefficient (Wildman–Crippen LogP) is 4.84. The number of hydrogen-bond acceptors (Lipinski definition) is 1. The molecule has 0 bridgehead atoms. The fourth-order valence-electron chi connectivity index (χ4n) is 2.20. The van der Waals surface area contributed by atoms with Crippen LogP contribution >= 0.6 is 0 Å². The van der Waals surface area contributed by atoms with Gasteiger partial charge in [-0.3, -0.25) is 4.99 Å². The Hall–Kier alpha value is -0.800. The lowest BCUT2D eigenvalue weighted by atomic mass is 9.79. The number of rotatable bonds is 2. The average Bonchev–Trinajstić information content (AvgIpc) is 2.20. The van der Waals surface area contributed by atoms with E-state index in [4.69, 9.17) is 0 Å². The molecule has 1 aliphatic heterocycles. The Morgan fingerprint density at radius 2 is 1.89 bits per heavy atom. The summed E-state index contributed by atoms with van der Waals surface area (Å²) >= 11 is 0. The van der Waals surface area contributed by atoms with Gasteiger partial charge in [0, 0.05) is 6.21 Å². The average molecular weight is 261 g/mol. The molecule has 1 rings (SSSR count). The molecule has 0 radical (unpaired) electrons. The topological polar surface area (TPSA) is 12.4 Å². The monoisotopic (exact) mass is 261 g/mol. The summed E-state index contributed by atoms with van der Waals surface area (Å²) in [6.45, 7) is 8.29. The van der Waals surface area contributed by atoms with Crippen molar-refractivity contribution in [3.05, 3.63) is 11.8 Å². The maximum absolute atomic E-state index is 12.7. The Labute approximate surface area is 107 Å². The highest BCUT2D eigenvalue weighted by atomic mass is 19.4. The number of nitrogens with zero attached hydrogens (tertiary/aromatic N) is 1. The van der Waals surface area contributed by atoms with Crippen LogP contribution in [0, 0.1) is 23.7 Å². The minimum Gasteiger partial charge on any atom is -0.256 e. The van der Waals surface area contributed by atoms with Crippen LogP contribution in [-0.4, -0.2) is 12.4 Å². The van der Waals surface area contributed by atoms with Crippen molar-refractivity contribution < 1.29 is 13.2 Å². The molecule has 18 heavy (non-hydrogen) atoms. The van der Waals surface area contributed by atoms with Crippen molar-refractivity contribution >= 4 is 6.21 Å². The van der Waals surface area contributed by atoms with Gasteiger partial charge in [0.2, 0.25) is 0 Å². The minimum atomic E-state index is -4.33. The van der Waals surface area contributed by atoms with Crippen LogP contribution in [0.5, 0.6) is 0 Å². The molecule has 0 spiro atoms. The van der Waals surface area contributed by atoms with Crippen LogP contribution in [-0.2, 0) is 0 Å². The van der Waals surface area contributed by atoms with Gasteiger partial charge in [0.25, 0.3) is 0 Å². The van der Waals surface area contributed by atoms with Gasteiger partial charge >= 0.3 is 6.18 Å². The normalized spacial score (nSPS) is 27.7. The van der Waals surface area contributed by atoms with E-state index in [2.05, 4.69) is 25.8 Å². The second-order valence-electron chi connectivity index (χ2n) is 5.71. The molecule has 0 fully saturated rings. The van der Waals surface area contributed by atoms with Gasteiger partial charge in [-0.1, -0.05) is 33.8 Å². The first-order chi connectivity index (χ1) is 8.21. The number of allylic oxidation sites excluding steroid dienone is 2. The molecule has 0 amide bonds. The second-order valence-corrected chi connectivity index (χ2v) is 5.71. The molecule has 0 N–H and O–H groups in total. The summed E-state index contributed by atoms with van der Waals surface area (Å²) in [4.78, 5) is 3.68. The third-order valence-electron chi connectivity index (χ3n) is 3.81. The van der Waals surface area contributed by atoms with Gasteiger partial charge in [-0.05, 0) is 36.5 Å². The van der Waals surface area contributed by atoms with Gasteiger partial charge in [-0.25, -0.2) is 0 Å². The molecular formula is C14H22F3N. The summed E-state index contributed by atoms with van der Waals surface area (Å²) < 4.78 is 38.1. The van der Waals surface area contributed by atoms with Gasteiger partial charge < -0.3 is 0 Å². The quantitative estimate of drug-likeness (QED) is 0.674. The van der Waals surface area contributed by atoms with E-state index in [1.165, 1.54) is 12.3 Å². The molecule has 3 atom stereocenters.